The molecule has 0 spiro atoms. The maximum atomic E-state index is 11.4. The van der Waals surface area contributed by atoms with Crippen LogP contribution in [0.5, 0.6) is 0 Å². The number of hydrogen-bond donors (Lipinski definition) is 1. The fraction of sp³-hybridized carbons (Fsp3) is 0.111. The summed E-state index contributed by atoms with van der Waals surface area (Å²) in [6.45, 7) is 0. The maximum Gasteiger partial charge on any atom is 0.270 e. The second-order valence-corrected chi connectivity index (χ2v) is 8.38. The number of nitro groups is 1. The Morgan fingerprint density at radius 1 is 0.818 bits per heavy atom. The first kappa shape index (κ1) is 19.4. The normalized spacial score (nSPS) is 12.7. The summed E-state index contributed by atoms with van der Waals surface area (Å²) in [7, 11) is 0. The molecule has 5 aromatic rings. The highest BCUT2D eigenvalue weighted by atomic mass is 16.6. The molecule has 6 heteroatoms. The number of nitrogens with zero attached hydrogens (tertiary/aromatic N) is 3. The zero-order valence-corrected chi connectivity index (χ0v) is 17.8. The van der Waals surface area contributed by atoms with E-state index in [1.165, 1.54) is 29.7 Å². The number of hydrogen-bond acceptors (Lipinski definition) is 5. The molecule has 6 rings (SSSR count). The van der Waals surface area contributed by atoms with Crippen molar-refractivity contribution in [3.05, 3.63) is 100 Å². The summed E-state index contributed by atoms with van der Waals surface area (Å²) in [5.74, 6) is 1.13. The van der Waals surface area contributed by atoms with Crippen molar-refractivity contribution in [2.75, 3.05) is 5.32 Å². The molecule has 6 nitrogen and oxygen atoms in total. The molecule has 0 saturated carbocycles. The van der Waals surface area contributed by atoms with Crippen LogP contribution in [0.4, 0.5) is 17.2 Å². The van der Waals surface area contributed by atoms with E-state index in [0.717, 1.165) is 34.9 Å². The van der Waals surface area contributed by atoms with Gasteiger partial charge in [-0.05, 0) is 65.4 Å². The van der Waals surface area contributed by atoms with Crippen LogP contribution in [0.2, 0.25) is 0 Å². The van der Waals surface area contributed by atoms with Crippen molar-refractivity contribution in [3.8, 4) is 11.4 Å². The Balaban J connectivity index is 1.51. The van der Waals surface area contributed by atoms with Crippen molar-refractivity contribution in [1.82, 2.24) is 9.97 Å². The molecular weight excluding hydrogens is 412 g/mol. The molecule has 0 fully saturated rings. The average molecular weight is 432 g/mol. The van der Waals surface area contributed by atoms with Crippen molar-refractivity contribution < 1.29 is 4.92 Å². The molecule has 0 unspecified atom stereocenters. The van der Waals surface area contributed by atoms with E-state index in [2.05, 4.69) is 41.7 Å². The first-order chi connectivity index (χ1) is 16.1. The van der Waals surface area contributed by atoms with Gasteiger partial charge in [-0.1, -0.05) is 42.5 Å². The minimum atomic E-state index is -0.393. The lowest BCUT2D eigenvalue weighted by Crippen LogP contribution is -2.01. The second-order valence-electron chi connectivity index (χ2n) is 8.38. The summed E-state index contributed by atoms with van der Waals surface area (Å²) in [4.78, 5) is 20.6. The van der Waals surface area contributed by atoms with Gasteiger partial charge in [-0.3, -0.25) is 10.1 Å². The maximum absolute atomic E-state index is 11.4. The summed E-state index contributed by atoms with van der Waals surface area (Å²) in [5, 5.41) is 17.7. The lowest BCUT2D eigenvalue weighted by atomic mass is 10.1. The van der Waals surface area contributed by atoms with Gasteiger partial charge in [0.2, 0.25) is 0 Å². The number of benzene rings is 4. The van der Waals surface area contributed by atoms with Crippen molar-refractivity contribution in [1.29, 1.82) is 0 Å². The molecule has 33 heavy (non-hydrogen) atoms. The second kappa shape index (κ2) is 7.67. The van der Waals surface area contributed by atoms with Crippen LogP contribution in [-0.2, 0) is 12.8 Å². The molecule has 0 atom stereocenters. The highest BCUT2D eigenvalue weighted by molar-refractivity contribution is 5.94. The molecule has 1 N–H and O–H groups in total. The zero-order valence-electron chi connectivity index (χ0n) is 17.8. The fourth-order valence-corrected chi connectivity index (χ4v) is 4.57. The molecule has 4 aromatic carbocycles. The zero-order chi connectivity index (χ0) is 22.4. The third-order valence-corrected chi connectivity index (χ3v) is 6.26. The van der Waals surface area contributed by atoms with Crippen LogP contribution in [0.15, 0.2) is 78.9 Å². The van der Waals surface area contributed by atoms with E-state index in [1.807, 2.05) is 24.3 Å². The Labute approximate surface area is 190 Å². The SMILES string of the molecule is O=[N+]([O-])c1ccc2nc(-c3ccc4ccccc4c3)nc(Nc3ccc4c(c3)CCC4)c2c1. The van der Waals surface area contributed by atoms with Gasteiger partial charge in [0.05, 0.1) is 10.4 Å². The van der Waals surface area contributed by atoms with Crippen LogP contribution in [0, 0.1) is 10.1 Å². The molecule has 0 amide bonds. The highest BCUT2D eigenvalue weighted by Crippen LogP contribution is 2.32. The topological polar surface area (TPSA) is 81.0 Å². The summed E-state index contributed by atoms with van der Waals surface area (Å²) in [6, 6.07) is 25.4. The van der Waals surface area contributed by atoms with E-state index >= 15 is 0 Å². The van der Waals surface area contributed by atoms with E-state index in [4.69, 9.17) is 9.97 Å². The van der Waals surface area contributed by atoms with E-state index in [0.29, 0.717) is 22.5 Å². The lowest BCUT2D eigenvalue weighted by Gasteiger charge is -2.12. The third-order valence-electron chi connectivity index (χ3n) is 6.26. The number of aryl methyl sites for hydroxylation is 2. The Morgan fingerprint density at radius 3 is 2.55 bits per heavy atom. The summed E-state index contributed by atoms with van der Waals surface area (Å²) in [5.41, 5.74) is 5.22. The molecule has 0 aliphatic heterocycles. The highest BCUT2D eigenvalue weighted by Gasteiger charge is 2.16. The summed E-state index contributed by atoms with van der Waals surface area (Å²) >= 11 is 0. The molecule has 0 radical (unpaired) electrons. The fourth-order valence-electron chi connectivity index (χ4n) is 4.57. The van der Waals surface area contributed by atoms with E-state index in [9.17, 15) is 10.1 Å². The molecular formula is C27H20N4O2. The van der Waals surface area contributed by atoms with Crippen molar-refractivity contribution in [2.45, 2.75) is 19.3 Å². The number of rotatable bonds is 4. The minimum Gasteiger partial charge on any atom is -0.340 e. The number of nitrogens with one attached hydrogen (secondary N) is 1. The van der Waals surface area contributed by atoms with Gasteiger partial charge in [-0.15, -0.1) is 0 Å². The Morgan fingerprint density at radius 2 is 1.67 bits per heavy atom. The van der Waals surface area contributed by atoms with Crippen LogP contribution in [0.25, 0.3) is 33.1 Å². The van der Waals surface area contributed by atoms with Crippen molar-refractivity contribution in [2.24, 2.45) is 0 Å². The van der Waals surface area contributed by atoms with Gasteiger partial charge in [0.1, 0.15) is 5.82 Å². The number of non-ortho nitro benzene ring substituents is 1. The molecule has 0 bridgehead atoms. The standard InChI is InChI=1S/C27H20N4O2/c32-31(33)23-12-13-25-24(16-23)27(28-22-11-10-18-6-3-7-20(18)15-22)30-26(29-25)21-9-8-17-4-1-2-5-19(17)14-21/h1-2,4-5,8-16H,3,6-7H2,(H,28,29,30). The van der Waals surface area contributed by atoms with Crippen LogP contribution in [-0.4, -0.2) is 14.9 Å². The van der Waals surface area contributed by atoms with Gasteiger partial charge in [0.15, 0.2) is 5.82 Å². The van der Waals surface area contributed by atoms with E-state index in [1.54, 1.807) is 6.07 Å². The molecule has 1 heterocycles. The molecule has 1 aromatic heterocycles. The van der Waals surface area contributed by atoms with E-state index < -0.39 is 4.92 Å². The van der Waals surface area contributed by atoms with Gasteiger partial charge in [-0.25, -0.2) is 9.97 Å². The Bertz CT molecular complexity index is 1560. The number of aromatic nitrogens is 2. The average Bonchev–Trinajstić information content (AvgIpc) is 3.31. The van der Waals surface area contributed by atoms with Crippen LogP contribution < -0.4 is 5.32 Å². The third kappa shape index (κ3) is 3.55. The first-order valence-electron chi connectivity index (χ1n) is 11.0. The summed E-state index contributed by atoms with van der Waals surface area (Å²) < 4.78 is 0. The van der Waals surface area contributed by atoms with Crippen molar-refractivity contribution in [3.63, 3.8) is 0 Å². The van der Waals surface area contributed by atoms with Gasteiger partial charge in [0.25, 0.3) is 5.69 Å². The predicted octanol–water partition coefficient (Wildman–Crippen LogP) is 6.59. The number of fused-ring (bicyclic) bond motifs is 3. The smallest absolute Gasteiger partial charge is 0.270 e. The van der Waals surface area contributed by atoms with E-state index in [-0.39, 0.29) is 5.69 Å². The molecule has 1 aliphatic carbocycles. The van der Waals surface area contributed by atoms with Gasteiger partial charge in [-0.2, -0.15) is 0 Å². The van der Waals surface area contributed by atoms with Crippen LogP contribution in [0.1, 0.15) is 17.5 Å². The molecule has 0 saturated heterocycles. The number of nitro benzene ring substituents is 1. The minimum absolute atomic E-state index is 0.0153. The van der Waals surface area contributed by atoms with Crippen molar-refractivity contribution >= 4 is 38.9 Å². The Kier molecular flexibility index (Phi) is 4.50. The molecule has 1 aliphatic rings. The lowest BCUT2D eigenvalue weighted by molar-refractivity contribution is -0.384. The van der Waals surface area contributed by atoms with Gasteiger partial charge >= 0.3 is 0 Å². The molecule has 160 valence electrons. The summed E-state index contributed by atoms with van der Waals surface area (Å²) in [6.07, 6.45) is 3.36. The van der Waals surface area contributed by atoms with Crippen LogP contribution in [0.3, 0.4) is 0 Å². The number of anilines is 2. The van der Waals surface area contributed by atoms with Gasteiger partial charge < -0.3 is 5.32 Å². The monoisotopic (exact) mass is 432 g/mol. The quantitative estimate of drug-likeness (QED) is 0.256. The first-order valence-corrected chi connectivity index (χ1v) is 11.0. The Hall–Kier alpha value is -4.32. The van der Waals surface area contributed by atoms with Crippen LogP contribution >= 0.6 is 0 Å². The van der Waals surface area contributed by atoms with Gasteiger partial charge in [0, 0.05) is 28.8 Å². The predicted molar refractivity (Wildman–Crippen MR) is 131 cm³/mol. The largest absolute Gasteiger partial charge is 0.340 e.